The Kier molecular flexibility index (Phi) is 3.29. The Bertz CT molecular complexity index is 350. The minimum absolute atomic E-state index is 0.0245. The first-order valence-corrected chi connectivity index (χ1v) is 5.84. The molecule has 88 valence electrons. The van der Waals surface area contributed by atoms with E-state index in [1.54, 1.807) is 0 Å². The van der Waals surface area contributed by atoms with Crippen LogP contribution in [0.15, 0.2) is 18.2 Å². The zero-order valence-corrected chi connectivity index (χ0v) is 9.70. The first-order chi connectivity index (χ1) is 7.72. The van der Waals surface area contributed by atoms with E-state index in [9.17, 15) is 0 Å². The molecular formula is C12H19N3O. The third kappa shape index (κ3) is 2.64. The molecule has 1 heterocycles. The van der Waals surface area contributed by atoms with Gasteiger partial charge in [0.15, 0.2) is 0 Å². The summed E-state index contributed by atoms with van der Waals surface area (Å²) < 4.78 is 5.34. The Morgan fingerprint density at radius 1 is 1.50 bits per heavy atom. The number of nitrogens with zero attached hydrogens (tertiary/aromatic N) is 1. The molecule has 0 unspecified atom stereocenters. The molecule has 0 radical (unpaired) electrons. The predicted octanol–water partition coefficient (Wildman–Crippen LogP) is 1.77. The molecule has 0 aliphatic heterocycles. The van der Waals surface area contributed by atoms with E-state index in [0.29, 0.717) is 12.5 Å². The van der Waals surface area contributed by atoms with Crippen molar-refractivity contribution in [1.29, 1.82) is 0 Å². The van der Waals surface area contributed by atoms with Gasteiger partial charge in [-0.2, -0.15) is 4.98 Å². The maximum atomic E-state index is 6.13. The van der Waals surface area contributed by atoms with E-state index < -0.39 is 0 Å². The summed E-state index contributed by atoms with van der Waals surface area (Å²) >= 11 is 0. The molecular weight excluding hydrogens is 202 g/mol. The molecule has 1 saturated carbocycles. The molecule has 0 atom stereocenters. The molecule has 3 N–H and O–H groups in total. The second-order valence-corrected chi connectivity index (χ2v) is 4.36. The van der Waals surface area contributed by atoms with E-state index in [1.807, 2.05) is 25.1 Å². The van der Waals surface area contributed by atoms with Crippen molar-refractivity contribution in [3.8, 4) is 5.88 Å². The van der Waals surface area contributed by atoms with Gasteiger partial charge in [-0.1, -0.05) is 6.07 Å². The molecule has 0 saturated heterocycles. The highest BCUT2D eigenvalue weighted by molar-refractivity contribution is 5.37. The van der Waals surface area contributed by atoms with Crippen LogP contribution in [0.1, 0.15) is 26.2 Å². The van der Waals surface area contributed by atoms with Gasteiger partial charge in [0.1, 0.15) is 5.82 Å². The van der Waals surface area contributed by atoms with Crippen LogP contribution in [0.25, 0.3) is 0 Å². The van der Waals surface area contributed by atoms with Gasteiger partial charge in [-0.05, 0) is 32.3 Å². The fourth-order valence-electron chi connectivity index (χ4n) is 1.82. The third-order valence-electron chi connectivity index (χ3n) is 2.99. The summed E-state index contributed by atoms with van der Waals surface area (Å²) in [5, 5.41) is 3.27. The highest BCUT2D eigenvalue weighted by Gasteiger charge is 2.32. The molecule has 4 nitrogen and oxygen atoms in total. The molecule has 0 spiro atoms. The van der Waals surface area contributed by atoms with Crippen molar-refractivity contribution in [2.75, 3.05) is 18.5 Å². The van der Waals surface area contributed by atoms with Crippen LogP contribution in [0.2, 0.25) is 0 Å². The van der Waals surface area contributed by atoms with Gasteiger partial charge in [0, 0.05) is 18.2 Å². The maximum Gasteiger partial charge on any atom is 0.215 e. The second kappa shape index (κ2) is 4.70. The Balaban J connectivity index is 1.90. The number of nitrogens with one attached hydrogen (secondary N) is 1. The van der Waals surface area contributed by atoms with Crippen molar-refractivity contribution in [2.24, 2.45) is 5.73 Å². The number of anilines is 1. The van der Waals surface area contributed by atoms with Crippen molar-refractivity contribution in [1.82, 2.24) is 4.98 Å². The lowest BCUT2D eigenvalue weighted by Gasteiger charge is -2.38. The SMILES string of the molecule is CCOc1cccc(NCC2(N)CCC2)n1. The summed E-state index contributed by atoms with van der Waals surface area (Å²) in [5.74, 6) is 1.50. The number of pyridine rings is 1. The number of nitrogens with two attached hydrogens (primary N) is 1. The average Bonchev–Trinajstić information content (AvgIpc) is 2.25. The minimum atomic E-state index is -0.0245. The van der Waals surface area contributed by atoms with E-state index in [4.69, 9.17) is 10.5 Å². The van der Waals surface area contributed by atoms with Crippen LogP contribution in [0.3, 0.4) is 0 Å². The lowest BCUT2D eigenvalue weighted by molar-refractivity contribution is 0.265. The molecule has 1 aliphatic rings. The van der Waals surface area contributed by atoms with Gasteiger partial charge in [0.2, 0.25) is 5.88 Å². The molecule has 1 fully saturated rings. The quantitative estimate of drug-likeness (QED) is 0.795. The Labute approximate surface area is 96.2 Å². The normalized spacial score (nSPS) is 17.6. The highest BCUT2D eigenvalue weighted by Crippen LogP contribution is 2.29. The number of rotatable bonds is 5. The topological polar surface area (TPSA) is 60.2 Å². The summed E-state index contributed by atoms with van der Waals surface area (Å²) in [4.78, 5) is 4.34. The molecule has 2 rings (SSSR count). The standard InChI is InChI=1S/C12H19N3O/c1-2-16-11-6-3-5-10(15-11)14-9-12(13)7-4-8-12/h3,5-6H,2,4,7-9,13H2,1H3,(H,14,15). The fraction of sp³-hybridized carbons (Fsp3) is 0.583. The van der Waals surface area contributed by atoms with Crippen LogP contribution >= 0.6 is 0 Å². The van der Waals surface area contributed by atoms with Gasteiger partial charge in [0.25, 0.3) is 0 Å². The molecule has 0 bridgehead atoms. The largest absolute Gasteiger partial charge is 0.478 e. The lowest BCUT2D eigenvalue weighted by Crippen LogP contribution is -2.52. The molecule has 16 heavy (non-hydrogen) atoms. The molecule has 4 heteroatoms. The van der Waals surface area contributed by atoms with E-state index in [1.165, 1.54) is 6.42 Å². The summed E-state index contributed by atoms with van der Waals surface area (Å²) in [6.07, 6.45) is 3.45. The average molecular weight is 221 g/mol. The summed E-state index contributed by atoms with van der Waals surface area (Å²) in [6.45, 7) is 3.37. The third-order valence-corrected chi connectivity index (χ3v) is 2.99. The smallest absolute Gasteiger partial charge is 0.215 e. The molecule has 1 aromatic heterocycles. The number of hydrogen-bond donors (Lipinski definition) is 2. The maximum absolute atomic E-state index is 6.13. The Morgan fingerprint density at radius 2 is 2.31 bits per heavy atom. The minimum Gasteiger partial charge on any atom is -0.478 e. The summed E-state index contributed by atoms with van der Waals surface area (Å²) in [6, 6.07) is 5.73. The van der Waals surface area contributed by atoms with Gasteiger partial charge >= 0.3 is 0 Å². The van der Waals surface area contributed by atoms with Gasteiger partial charge in [-0.15, -0.1) is 0 Å². The monoisotopic (exact) mass is 221 g/mol. The van der Waals surface area contributed by atoms with E-state index in [2.05, 4.69) is 10.3 Å². The van der Waals surface area contributed by atoms with Crippen molar-refractivity contribution < 1.29 is 4.74 Å². The zero-order valence-electron chi connectivity index (χ0n) is 9.70. The van der Waals surface area contributed by atoms with Crippen molar-refractivity contribution in [3.05, 3.63) is 18.2 Å². The van der Waals surface area contributed by atoms with Crippen molar-refractivity contribution >= 4 is 5.82 Å². The van der Waals surface area contributed by atoms with Crippen molar-refractivity contribution in [2.45, 2.75) is 31.7 Å². The Morgan fingerprint density at radius 3 is 2.94 bits per heavy atom. The first kappa shape index (κ1) is 11.2. The molecule has 1 aliphatic carbocycles. The summed E-state index contributed by atoms with van der Waals surface area (Å²) in [5.41, 5.74) is 6.10. The first-order valence-electron chi connectivity index (χ1n) is 5.84. The van der Waals surface area contributed by atoms with Gasteiger partial charge < -0.3 is 15.8 Å². The second-order valence-electron chi connectivity index (χ2n) is 4.36. The van der Waals surface area contributed by atoms with E-state index in [-0.39, 0.29) is 5.54 Å². The predicted molar refractivity (Wildman–Crippen MR) is 64.7 cm³/mol. The molecule has 0 aromatic carbocycles. The van der Waals surface area contributed by atoms with Gasteiger partial charge in [-0.25, -0.2) is 0 Å². The van der Waals surface area contributed by atoms with Gasteiger partial charge in [0.05, 0.1) is 6.61 Å². The molecule has 0 amide bonds. The Hall–Kier alpha value is -1.29. The highest BCUT2D eigenvalue weighted by atomic mass is 16.5. The molecule has 1 aromatic rings. The van der Waals surface area contributed by atoms with Crippen LogP contribution in [0.5, 0.6) is 5.88 Å². The van der Waals surface area contributed by atoms with Crippen LogP contribution in [-0.2, 0) is 0 Å². The number of hydrogen-bond acceptors (Lipinski definition) is 4. The van der Waals surface area contributed by atoms with E-state index >= 15 is 0 Å². The number of ether oxygens (including phenoxy) is 1. The van der Waals surface area contributed by atoms with Crippen molar-refractivity contribution in [3.63, 3.8) is 0 Å². The summed E-state index contributed by atoms with van der Waals surface area (Å²) in [7, 11) is 0. The number of aromatic nitrogens is 1. The zero-order chi connectivity index (χ0) is 11.4. The van der Waals surface area contributed by atoms with E-state index in [0.717, 1.165) is 25.2 Å². The van der Waals surface area contributed by atoms with Crippen LogP contribution in [-0.4, -0.2) is 23.7 Å². The van der Waals surface area contributed by atoms with Gasteiger partial charge in [-0.3, -0.25) is 0 Å². The van der Waals surface area contributed by atoms with Crippen LogP contribution in [0, 0.1) is 0 Å². The van der Waals surface area contributed by atoms with Crippen LogP contribution in [0.4, 0.5) is 5.82 Å². The lowest BCUT2D eigenvalue weighted by atomic mass is 9.78. The van der Waals surface area contributed by atoms with Crippen LogP contribution < -0.4 is 15.8 Å². The fourth-order valence-corrected chi connectivity index (χ4v) is 1.82.